The summed E-state index contributed by atoms with van der Waals surface area (Å²) in [4.78, 5) is 18.4. The highest BCUT2D eigenvalue weighted by molar-refractivity contribution is 5.70. The molecule has 0 amide bonds. The lowest BCUT2D eigenvalue weighted by Crippen LogP contribution is -2.00. The summed E-state index contributed by atoms with van der Waals surface area (Å²) in [6, 6.07) is 3.38. The van der Waals surface area contributed by atoms with Crippen LogP contribution in [0.5, 0.6) is 0 Å². The molecule has 15 heavy (non-hydrogen) atoms. The Balaban J connectivity index is 2.21. The molecule has 2 heterocycles. The van der Waals surface area contributed by atoms with Crippen molar-refractivity contribution in [2.24, 2.45) is 0 Å². The maximum absolute atomic E-state index is 10.4. The van der Waals surface area contributed by atoms with Crippen LogP contribution in [0.2, 0.25) is 0 Å². The second-order valence-electron chi connectivity index (χ2n) is 2.96. The standard InChI is InChI=1S/C10H8N2O3/c13-9(14)5-7-1-2-8(12-6-7)10-11-3-4-15-10/h1-4,6H,5H2,(H,13,14). The van der Waals surface area contributed by atoms with Crippen LogP contribution in [0.15, 0.2) is 35.2 Å². The Morgan fingerprint density at radius 2 is 2.27 bits per heavy atom. The van der Waals surface area contributed by atoms with Gasteiger partial charge in [-0.15, -0.1) is 0 Å². The molecule has 0 spiro atoms. The molecule has 0 bridgehead atoms. The molecule has 0 fully saturated rings. The summed E-state index contributed by atoms with van der Waals surface area (Å²) in [7, 11) is 0. The molecule has 0 aliphatic carbocycles. The number of oxazole rings is 1. The Morgan fingerprint density at radius 1 is 1.40 bits per heavy atom. The molecule has 2 aromatic heterocycles. The monoisotopic (exact) mass is 204 g/mol. The number of carbonyl (C=O) groups is 1. The Morgan fingerprint density at radius 3 is 2.80 bits per heavy atom. The van der Waals surface area contributed by atoms with Gasteiger partial charge in [0, 0.05) is 6.20 Å². The molecule has 0 atom stereocenters. The lowest BCUT2D eigenvalue weighted by molar-refractivity contribution is -0.136. The van der Waals surface area contributed by atoms with Gasteiger partial charge in [0.1, 0.15) is 12.0 Å². The highest BCUT2D eigenvalue weighted by Crippen LogP contribution is 2.14. The summed E-state index contributed by atoms with van der Waals surface area (Å²) >= 11 is 0. The predicted molar refractivity (Wildman–Crippen MR) is 51.1 cm³/mol. The molecule has 76 valence electrons. The van der Waals surface area contributed by atoms with Gasteiger partial charge in [0.25, 0.3) is 0 Å². The van der Waals surface area contributed by atoms with E-state index in [2.05, 4.69) is 9.97 Å². The first-order valence-corrected chi connectivity index (χ1v) is 4.32. The van der Waals surface area contributed by atoms with Gasteiger partial charge in [-0.1, -0.05) is 6.07 Å². The molecular weight excluding hydrogens is 196 g/mol. The minimum atomic E-state index is -0.874. The zero-order valence-corrected chi connectivity index (χ0v) is 7.75. The SMILES string of the molecule is O=C(O)Cc1ccc(-c2ncco2)nc1. The molecular formula is C10H8N2O3. The van der Waals surface area contributed by atoms with Gasteiger partial charge in [-0.25, -0.2) is 4.98 Å². The van der Waals surface area contributed by atoms with Gasteiger partial charge >= 0.3 is 5.97 Å². The molecule has 0 aliphatic rings. The molecule has 2 rings (SSSR count). The Kier molecular flexibility index (Phi) is 2.45. The maximum Gasteiger partial charge on any atom is 0.307 e. The third kappa shape index (κ3) is 2.19. The highest BCUT2D eigenvalue weighted by Gasteiger charge is 2.05. The van der Waals surface area contributed by atoms with Crippen molar-refractivity contribution in [3.05, 3.63) is 36.4 Å². The molecule has 5 heteroatoms. The highest BCUT2D eigenvalue weighted by atomic mass is 16.4. The fourth-order valence-corrected chi connectivity index (χ4v) is 1.18. The number of carboxylic acids is 1. The van der Waals surface area contributed by atoms with Gasteiger partial charge in [-0.3, -0.25) is 9.78 Å². The first-order valence-electron chi connectivity index (χ1n) is 4.32. The van der Waals surface area contributed by atoms with Crippen LogP contribution in [0.3, 0.4) is 0 Å². The molecule has 0 saturated carbocycles. The summed E-state index contributed by atoms with van der Waals surface area (Å²) in [6.07, 6.45) is 4.47. The molecule has 0 saturated heterocycles. The number of rotatable bonds is 3. The fourth-order valence-electron chi connectivity index (χ4n) is 1.18. The van der Waals surface area contributed by atoms with Crippen molar-refractivity contribution in [2.75, 3.05) is 0 Å². The van der Waals surface area contributed by atoms with Crippen LogP contribution in [-0.2, 0) is 11.2 Å². The first-order chi connectivity index (χ1) is 7.25. The van der Waals surface area contributed by atoms with Gasteiger partial charge < -0.3 is 9.52 Å². The summed E-state index contributed by atoms with van der Waals surface area (Å²) in [6.45, 7) is 0. The van der Waals surface area contributed by atoms with E-state index in [4.69, 9.17) is 9.52 Å². The minimum absolute atomic E-state index is 0.0289. The lowest BCUT2D eigenvalue weighted by Gasteiger charge is -1.97. The summed E-state index contributed by atoms with van der Waals surface area (Å²) in [5.74, 6) is -0.447. The van der Waals surface area contributed by atoms with Crippen LogP contribution in [0, 0.1) is 0 Å². The number of hydrogen-bond donors (Lipinski definition) is 1. The Hall–Kier alpha value is -2.17. The molecule has 1 N–H and O–H groups in total. The maximum atomic E-state index is 10.4. The van der Waals surface area contributed by atoms with Crippen molar-refractivity contribution in [2.45, 2.75) is 6.42 Å². The van der Waals surface area contributed by atoms with Crippen LogP contribution in [0.1, 0.15) is 5.56 Å². The van der Waals surface area contributed by atoms with E-state index in [1.54, 1.807) is 12.1 Å². The number of carboxylic acid groups (broad SMARTS) is 1. The van der Waals surface area contributed by atoms with Gasteiger partial charge in [0.2, 0.25) is 5.89 Å². The van der Waals surface area contributed by atoms with Crippen LogP contribution in [-0.4, -0.2) is 21.0 Å². The lowest BCUT2D eigenvalue weighted by atomic mass is 10.2. The van der Waals surface area contributed by atoms with E-state index in [1.807, 2.05) is 0 Å². The van der Waals surface area contributed by atoms with Gasteiger partial charge in [-0.05, 0) is 11.6 Å². The topological polar surface area (TPSA) is 76.2 Å². The van der Waals surface area contributed by atoms with Crippen LogP contribution >= 0.6 is 0 Å². The van der Waals surface area contributed by atoms with E-state index >= 15 is 0 Å². The van der Waals surface area contributed by atoms with Crippen molar-refractivity contribution in [3.8, 4) is 11.6 Å². The van der Waals surface area contributed by atoms with Crippen molar-refractivity contribution < 1.29 is 14.3 Å². The van der Waals surface area contributed by atoms with Crippen LogP contribution in [0.25, 0.3) is 11.6 Å². The quantitative estimate of drug-likeness (QED) is 0.816. The average Bonchev–Trinajstić information content (AvgIpc) is 2.71. The molecule has 0 aromatic carbocycles. The summed E-state index contributed by atoms with van der Waals surface area (Å²) < 4.78 is 5.05. The number of aromatic nitrogens is 2. The van der Waals surface area contributed by atoms with E-state index in [1.165, 1.54) is 18.7 Å². The number of aliphatic carboxylic acids is 1. The number of hydrogen-bond acceptors (Lipinski definition) is 4. The van der Waals surface area contributed by atoms with E-state index in [0.29, 0.717) is 17.1 Å². The third-order valence-electron chi connectivity index (χ3n) is 1.83. The number of pyridine rings is 1. The third-order valence-corrected chi connectivity index (χ3v) is 1.83. The average molecular weight is 204 g/mol. The summed E-state index contributed by atoms with van der Waals surface area (Å²) in [5, 5.41) is 8.56. The molecule has 0 aliphatic heterocycles. The van der Waals surface area contributed by atoms with Gasteiger partial charge in [0.05, 0.1) is 12.6 Å². The van der Waals surface area contributed by atoms with E-state index < -0.39 is 5.97 Å². The first kappa shape index (κ1) is 9.39. The number of nitrogens with zero attached hydrogens (tertiary/aromatic N) is 2. The molecule has 0 radical (unpaired) electrons. The van der Waals surface area contributed by atoms with Crippen molar-refractivity contribution >= 4 is 5.97 Å². The molecule has 0 unspecified atom stereocenters. The normalized spacial score (nSPS) is 10.1. The second-order valence-corrected chi connectivity index (χ2v) is 2.96. The van der Waals surface area contributed by atoms with Gasteiger partial charge in [0.15, 0.2) is 0 Å². The van der Waals surface area contributed by atoms with E-state index in [-0.39, 0.29) is 6.42 Å². The van der Waals surface area contributed by atoms with Crippen LogP contribution in [0.4, 0.5) is 0 Å². The smallest absolute Gasteiger partial charge is 0.307 e. The fraction of sp³-hybridized carbons (Fsp3) is 0.100. The summed E-state index contributed by atoms with van der Waals surface area (Å²) in [5.41, 5.74) is 1.24. The van der Waals surface area contributed by atoms with Crippen molar-refractivity contribution in [1.29, 1.82) is 0 Å². The van der Waals surface area contributed by atoms with Crippen molar-refractivity contribution in [1.82, 2.24) is 9.97 Å². The van der Waals surface area contributed by atoms with Gasteiger partial charge in [-0.2, -0.15) is 0 Å². The van der Waals surface area contributed by atoms with E-state index in [0.717, 1.165) is 0 Å². The largest absolute Gasteiger partial charge is 0.481 e. The van der Waals surface area contributed by atoms with Crippen LogP contribution < -0.4 is 0 Å². The zero-order valence-electron chi connectivity index (χ0n) is 7.75. The zero-order chi connectivity index (χ0) is 10.7. The molecule has 2 aromatic rings. The Bertz CT molecular complexity index is 448. The predicted octanol–water partition coefficient (Wildman–Crippen LogP) is 1.36. The van der Waals surface area contributed by atoms with E-state index in [9.17, 15) is 4.79 Å². The minimum Gasteiger partial charge on any atom is -0.481 e. The second kappa shape index (κ2) is 3.91. The molecule has 5 nitrogen and oxygen atoms in total. The Labute approximate surface area is 85.4 Å². The van der Waals surface area contributed by atoms with Crippen molar-refractivity contribution in [3.63, 3.8) is 0 Å².